The van der Waals surface area contributed by atoms with Gasteiger partial charge in [-0.2, -0.15) is 9.57 Å². The normalized spacial score (nSPS) is 17.8. The maximum Gasteiger partial charge on any atom is 0.243 e. The molecule has 0 spiro atoms. The summed E-state index contributed by atoms with van der Waals surface area (Å²) in [6.07, 6.45) is 6.50. The van der Waals surface area contributed by atoms with E-state index in [1.54, 1.807) is 28.2 Å². The van der Waals surface area contributed by atoms with Crippen LogP contribution < -0.4 is 0 Å². The van der Waals surface area contributed by atoms with Gasteiger partial charge >= 0.3 is 0 Å². The van der Waals surface area contributed by atoms with Crippen molar-refractivity contribution in [2.24, 2.45) is 0 Å². The van der Waals surface area contributed by atoms with E-state index in [-0.39, 0.29) is 0 Å². The highest BCUT2D eigenvalue weighted by Crippen LogP contribution is 2.38. The van der Waals surface area contributed by atoms with Crippen LogP contribution in [0.4, 0.5) is 0 Å². The summed E-state index contributed by atoms with van der Waals surface area (Å²) in [5.41, 5.74) is 3.48. The van der Waals surface area contributed by atoms with Gasteiger partial charge in [0.15, 0.2) is 5.16 Å². The quantitative estimate of drug-likeness (QED) is 0.472. The fourth-order valence-corrected chi connectivity index (χ4v) is 7.35. The molecule has 0 atom stereocenters. The number of benzene rings is 2. The van der Waals surface area contributed by atoms with Crippen molar-refractivity contribution in [2.45, 2.75) is 60.4 Å². The summed E-state index contributed by atoms with van der Waals surface area (Å²) >= 11 is 1.65. The van der Waals surface area contributed by atoms with Crippen molar-refractivity contribution in [3.05, 3.63) is 53.6 Å². The van der Waals surface area contributed by atoms with Gasteiger partial charge in [-0.25, -0.2) is 13.4 Å². The lowest BCUT2D eigenvalue weighted by Crippen LogP contribution is -2.27. The molecule has 8 heteroatoms. The fraction of sp³-hybridized carbons (Fsp3) is 0.417. The Hall–Kier alpha value is -2.34. The number of imidazole rings is 1. The number of hydrogen-bond acceptors (Lipinski definition) is 5. The fourth-order valence-electron chi connectivity index (χ4n) is 4.79. The zero-order valence-corrected chi connectivity index (χ0v) is 19.5. The predicted octanol–water partition coefficient (Wildman–Crippen LogP) is 5.10. The molecule has 3 aromatic rings. The van der Waals surface area contributed by atoms with Crippen LogP contribution in [0.25, 0.3) is 11.0 Å². The first-order chi connectivity index (χ1) is 15.6. The lowest BCUT2D eigenvalue weighted by Gasteiger charge is -2.17. The van der Waals surface area contributed by atoms with Gasteiger partial charge in [-0.1, -0.05) is 36.7 Å². The summed E-state index contributed by atoms with van der Waals surface area (Å²) in [6, 6.07) is 15.7. The molecule has 1 aromatic heterocycles. The van der Waals surface area contributed by atoms with Crippen LogP contribution in [0.5, 0.6) is 0 Å². The van der Waals surface area contributed by atoms with Crippen LogP contribution in [-0.2, 0) is 15.8 Å². The molecule has 5 rings (SSSR count). The molecule has 1 aliphatic heterocycles. The largest absolute Gasteiger partial charge is 0.316 e. The molecule has 1 aliphatic carbocycles. The van der Waals surface area contributed by atoms with E-state index >= 15 is 0 Å². The van der Waals surface area contributed by atoms with Gasteiger partial charge in [0.2, 0.25) is 10.0 Å². The van der Waals surface area contributed by atoms with E-state index in [4.69, 9.17) is 4.98 Å². The van der Waals surface area contributed by atoms with Crippen molar-refractivity contribution >= 4 is 32.8 Å². The van der Waals surface area contributed by atoms with E-state index < -0.39 is 10.0 Å². The minimum Gasteiger partial charge on any atom is -0.316 e. The van der Waals surface area contributed by atoms with Gasteiger partial charge in [0.1, 0.15) is 0 Å². The topological polar surface area (TPSA) is 79.0 Å². The number of sulfonamides is 1. The van der Waals surface area contributed by atoms with E-state index in [0.717, 1.165) is 47.4 Å². The van der Waals surface area contributed by atoms with Crippen molar-refractivity contribution in [1.29, 1.82) is 5.26 Å². The van der Waals surface area contributed by atoms with Gasteiger partial charge < -0.3 is 4.57 Å². The maximum absolute atomic E-state index is 13.1. The van der Waals surface area contributed by atoms with Crippen LogP contribution in [0.1, 0.15) is 55.7 Å². The SMILES string of the molecule is N#Cc1cccc(CSc2nc3cc(S(=O)(=O)N4CCCC4)ccc3n2C2CCCC2)c1. The average Bonchev–Trinajstić information content (AvgIpc) is 3.58. The molecule has 0 unspecified atom stereocenters. The van der Waals surface area contributed by atoms with Crippen LogP contribution in [0.2, 0.25) is 0 Å². The molecule has 0 radical (unpaired) electrons. The molecule has 0 amide bonds. The zero-order valence-electron chi connectivity index (χ0n) is 17.9. The third-order valence-corrected chi connectivity index (χ3v) is 9.36. The molecule has 6 nitrogen and oxygen atoms in total. The Labute approximate surface area is 193 Å². The molecular formula is C24H26N4O2S2. The highest BCUT2D eigenvalue weighted by molar-refractivity contribution is 7.98. The molecule has 1 saturated carbocycles. The molecule has 2 heterocycles. The van der Waals surface area contributed by atoms with E-state index in [1.807, 2.05) is 30.3 Å². The number of nitriles is 1. The summed E-state index contributed by atoms with van der Waals surface area (Å²) in [4.78, 5) is 5.23. The lowest BCUT2D eigenvalue weighted by atomic mass is 10.2. The second kappa shape index (κ2) is 8.89. The van der Waals surface area contributed by atoms with E-state index in [2.05, 4.69) is 10.6 Å². The minimum absolute atomic E-state index is 0.334. The van der Waals surface area contributed by atoms with E-state index in [9.17, 15) is 13.7 Å². The molecule has 2 aromatic carbocycles. The van der Waals surface area contributed by atoms with Gasteiger partial charge in [0.25, 0.3) is 0 Å². The first-order valence-electron chi connectivity index (χ1n) is 11.2. The monoisotopic (exact) mass is 466 g/mol. The van der Waals surface area contributed by atoms with Crippen molar-refractivity contribution in [3.8, 4) is 6.07 Å². The van der Waals surface area contributed by atoms with Crippen molar-refractivity contribution in [2.75, 3.05) is 13.1 Å². The Kier molecular flexibility index (Phi) is 5.97. The predicted molar refractivity (Wildman–Crippen MR) is 126 cm³/mol. The number of thioether (sulfide) groups is 1. The van der Waals surface area contributed by atoms with E-state index in [0.29, 0.717) is 35.3 Å². The molecule has 0 bridgehead atoms. The minimum atomic E-state index is -3.47. The highest BCUT2D eigenvalue weighted by Gasteiger charge is 2.29. The first-order valence-corrected chi connectivity index (χ1v) is 13.6. The number of aromatic nitrogens is 2. The summed E-state index contributed by atoms with van der Waals surface area (Å²) in [7, 11) is -3.47. The number of fused-ring (bicyclic) bond motifs is 1. The van der Waals surface area contributed by atoms with Gasteiger partial charge in [0.05, 0.1) is 27.6 Å². The molecular weight excluding hydrogens is 440 g/mol. The molecule has 0 N–H and O–H groups in total. The lowest BCUT2D eigenvalue weighted by molar-refractivity contribution is 0.477. The summed E-state index contributed by atoms with van der Waals surface area (Å²) in [5.74, 6) is 0.713. The molecule has 2 fully saturated rings. The maximum atomic E-state index is 13.1. The van der Waals surface area contributed by atoms with Gasteiger partial charge in [-0.3, -0.25) is 0 Å². The van der Waals surface area contributed by atoms with Gasteiger partial charge in [0, 0.05) is 24.9 Å². The van der Waals surface area contributed by atoms with Crippen molar-refractivity contribution in [3.63, 3.8) is 0 Å². The van der Waals surface area contributed by atoms with Gasteiger partial charge in [-0.05, 0) is 61.6 Å². The van der Waals surface area contributed by atoms with E-state index in [1.165, 1.54) is 12.8 Å². The Balaban J connectivity index is 1.50. The molecule has 32 heavy (non-hydrogen) atoms. The first kappa shape index (κ1) is 21.5. The van der Waals surface area contributed by atoms with Crippen LogP contribution in [0.15, 0.2) is 52.5 Å². The number of hydrogen-bond donors (Lipinski definition) is 0. The van der Waals surface area contributed by atoms with Crippen molar-refractivity contribution < 1.29 is 8.42 Å². The number of rotatable bonds is 6. The summed E-state index contributed by atoms with van der Waals surface area (Å²) < 4.78 is 30.0. The van der Waals surface area contributed by atoms with Crippen LogP contribution in [0.3, 0.4) is 0 Å². The molecule has 166 valence electrons. The number of nitrogens with zero attached hydrogens (tertiary/aromatic N) is 4. The second-order valence-electron chi connectivity index (χ2n) is 8.57. The van der Waals surface area contributed by atoms with Crippen molar-refractivity contribution in [1.82, 2.24) is 13.9 Å². The molecule has 2 aliphatic rings. The molecule has 1 saturated heterocycles. The third-order valence-electron chi connectivity index (χ3n) is 6.45. The average molecular weight is 467 g/mol. The standard InChI is InChI=1S/C24H26N4O2S2/c25-16-18-6-5-7-19(14-18)17-31-24-26-22-15-21(32(29,30)27-12-3-4-13-27)10-11-23(22)28(24)20-8-1-2-9-20/h5-7,10-11,14-15,20H,1-4,8-9,12-13,17H2. The Morgan fingerprint density at radius 3 is 2.59 bits per heavy atom. The summed E-state index contributed by atoms with van der Waals surface area (Å²) in [6.45, 7) is 1.19. The Morgan fingerprint density at radius 2 is 1.84 bits per heavy atom. The third kappa shape index (κ3) is 4.05. The van der Waals surface area contributed by atoms with Gasteiger partial charge in [-0.15, -0.1) is 0 Å². The zero-order chi connectivity index (χ0) is 22.1. The van der Waals surface area contributed by atoms with Crippen LogP contribution in [-0.4, -0.2) is 35.4 Å². The van der Waals surface area contributed by atoms with Crippen LogP contribution >= 0.6 is 11.8 Å². The summed E-state index contributed by atoms with van der Waals surface area (Å²) in [5, 5.41) is 10.1. The highest BCUT2D eigenvalue weighted by atomic mass is 32.2. The van der Waals surface area contributed by atoms with Crippen LogP contribution in [0, 0.1) is 11.3 Å². The Morgan fingerprint density at radius 1 is 1.06 bits per heavy atom. The smallest absolute Gasteiger partial charge is 0.243 e. The second-order valence-corrected chi connectivity index (χ2v) is 11.4. The Bertz CT molecular complexity index is 1280.